The summed E-state index contributed by atoms with van der Waals surface area (Å²) in [6.07, 6.45) is 3.84. The van der Waals surface area contributed by atoms with Crippen LogP contribution in [0.3, 0.4) is 0 Å². The standard InChI is InChI=1S/C17H27NO5S/c1-21-9-7-14-6-4-5-8-18(13-14)24(19,20)17-11-15(22-2)10-16(12-17)23-3/h10-12,14H,4-9,13H2,1-3H3. The first-order chi connectivity index (χ1) is 11.5. The fraction of sp³-hybridized carbons (Fsp3) is 0.647. The molecular formula is C17H27NO5S. The zero-order chi connectivity index (χ0) is 17.6. The minimum absolute atomic E-state index is 0.214. The van der Waals surface area contributed by atoms with E-state index in [1.54, 1.807) is 29.6 Å². The lowest BCUT2D eigenvalue weighted by Gasteiger charge is -2.24. The molecule has 0 amide bonds. The molecule has 1 heterocycles. The van der Waals surface area contributed by atoms with Crippen LogP contribution in [0.5, 0.6) is 11.5 Å². The van der Waals surface area contributed by atoms with Gasteiger partial charge in [0.1, 0.15) is 11.5 Å². The minimum atomic E-state index is -3.58. The molecule has 1 aromatic carbocycles. The molecule has 1 fully saturated rings. The number of sulfonamides is 1. The Balaban J connectivity index is 2.27. The van der Waals surface area contributed by atoms with E-state index in [2.05, 4.69) is 0 Å². The van der Waals surface area contributed by atoms with Crippen molar-refractivity contribution < 1.29 is 22.6 Å². The Hall–Kier alpha value is -1.31. The summed E-state index contributed by atoms with van der Waals surface area (Å²) in [4.78, 5) is 0.214. The van der Waals surface area contributed by atoms with Crippen LogP contribution in [-0.2, 0) is 14.8 Å². The average Bonchev–Trinajstić information content (AvgIpc) is 2.85. The summed E-state index contributed by atoms with van der Waals surface area (Å²) >= 11 is 0. The van der Waals surface area contributed by atoms with Crippen molar-refractivity contribution in [2.75, 3.05) is 41.0 Å². The molecule has 1 aromatic rings. The predicted molar refractivity (Wildman–Crippen MR) is 92.1 cm³/mol. The van der Waals surface area contributed by atoms with Gasteiger partial charge in [-0.25, -0.2) is 8.42 Å². The Labute approximate surface area is 144 Å². The molecule has 1 aliphatic heterocycles. The first-order valence-corrected chi connectivity index (χ1v) is 9.67. The van der Waals surface area contributed by atoms with E-state index in [0.29, 0.717) is 37.1 Å². The SMILES string of the molecule is COCCC1CCCCN(S(=O)(=O)c2cc(OC)cc(OC)c2)C1. The first kappa shape index (κ1) is 19.0. The van der Waals surface area contributed by atoms with E-state index >= 15 is 0 Å². The van der Waals surface area contributed by atoms with Crippen molar-refractivity contribution in [3.63, 3.8) is 0 Å². The zero-order valence-electron chi connectivity index (χ0n) is 14.7. The van der Waals surface area contributed by atoms with Gasteiger partial charge in [0, 0.05) is 45.0 Å². The molecule has 7 heteroatoms. The highest BCUT2D eigenvalue weighted by Crippen LogP contribution is 2.30. The molecule has 136 valence electrons. The van der Waals surface area contributed by atoms with Gasteiger partial charge in [-0.2, -0.15) is 4.31 Å². The summed E-state index contributed by atoms with van der Waals surface area (Å²) in [7, 11) is 1.12. The predicted octanol–water partition coefficient (Wildman–Crippen LogP) is 2.53. The third-order valence-corrected chi connectivity index (χ3v) is 6.27. The molecule has 0 N–H and O–H groups in total. The minimum Gasteiger partial charge on any atom is -0.497 e. The Morgan fingerprint density at radius 3 is 2.33 bits per heavy atom. The lowest BCUT2D eigenvalue weighted by molar-refractivity contribution is 0.171. The topological polar surface area (TPSA) is 65.1 Å². The number of hydrogen-bond acceptors (Lipinski definition) is 5. The summed E-state index contributed by atoms with van der Waals surface area (Å²) in [5, 5.41) is 0. The van der Waals surface area contributed by atoms with Crippen LogP contribution in [0.1, 0.15) is 25.7 Å². The second-order valence-corrected chi connectivity index (χ2v) is 7.99. The monoisotopic (exact) mass is 357 g/mol. The van der Waals surface area contributed by atoms with Gasteiger partial charge < -0.3 is 14.2 Å². The van der Waals surface area contributed by atoms with Crippen molar-refractivity contribution in [1.82, 2.24) is 4.31 Å². The smallest absolute Gasteiger partial charge is 0.243 e. The van der Waals surface area contributed by atoms with E-state index in [-0.39, 0.29) is 4.90 Å². The number of ether oxygens (including phenoxy) is 3. The quantitative estimate of drug-likeness (QED) is 0.750. The molecule has 0 bridgehead atoms. The second-order valence-electron chi connectivity index (χ2n) is 6.05. The van der Waals surface area contributed by atoms with E-state index in [1.807, 2.05) is 0 Å². The van der Waals surface area contributed by atoms with Gasteiger partial charge in [0.05, 0.1) is 19.1 Å². The van der Waals surface area contributed by atoms with Gasteiger partial charge in [0.2, 0.25) is 10.0 Å². The molecule has 0 saturated carbocycles. The third-order valence-electron chi connectivity index (χ3n) is 4.42. The van der Waals surface area contributed by atoms with Gasteiger partial charge in [-0.3, -0.25) is 0 Å². The highest BCUT2D eigenvalue weighted by Gasteiger charge is 2.29. The van der Waals surface area contributed by atoms with Crippen LogP contribution in [0.15, 0.2) is 23.1 Å². The van der Waals surface area contributed by atoms with E-state index in [0.717, 1.165) is 25.7 Å². The van der Waals surface area contributed by atoms with Crippen molar-refractivity contribution in [2.45, 2.75) is 30.6 Å². The summed E-state index contributed by atoms with van der Waals surface area (Å²) in [5.41, 5.74) is 0. The van der Waals surface area contributed by atoms with Crippen LogP contribution in [-0.4, -0.2) is 53.7 Å². The van der Waals surface area contributed by atoms with E-state index in [9.17, 15) is 8.42 Å². The highest BCUT2D eigenvalue weighted by atomic mass is 32.2. The number of methoxy groups -OCH3 is 3. The third kappa shape index (κ3) is 4.62. The van der Waals surface area contributed by atoms with Gasteiger partial charge >= 0.3 is 0 Å². The molecule has 0 spiro atoms. The number of hydrogen-bond donors (Lipinski definition) is 0. The molecule has 0 aliphatic carbocycles. The molecule has 1 atom stereocenters. The molecule has 2 rings (SSSR count). The summed E-state index contributed by atoms with van der Waals surface area (Å²) in [6.45, 7) is 1.74. The molecule has 1 unspecified atom stereocenters. The van der Waals surface area contributed by atoms with Crippen LogP contribution in [0, 0.1) is 5.92 Å². The summed E-state index contributed by atoms with van der Waals surface area (Å²) < 4.78 is 43.3. The number of rotatable bonds is 7. The van der Waals surface area contributed by atoms with E-state index in [1.165, 1.54) is 14.2 Å². The summed E-state index contributed by atoms with van der Waals surface area (Å²) in [6, 6.07) is 4.77. The number of nitrogens with zero attached hydrogens (tertiary/aromatic N) is 1. The van der Waals surface area contributed by atoms with Gasteiger partial charge in [-0.15, -0.1) is 0 Å². The van der Waals surface area contributed by atoms with Crippen molar-refractivity contribution >= 4 is 10.0 Å². The average molecular weight is 357 g/mol. The van der Waals surface area contributed by atoms with E-state index < -0.39 is 10.0 Å². The van der Waals surface area contributed by atoms with Crippen LogP contribution >= 0.6 is 0 Å². The normalized spacial score (nSPS) is 19.7. The maximum absolute atomic E-state index is 13.1. The molecule has 0 radical (unpaired) electrons. The van der Waals surface area contributed by atoms with Gasteiger partial charge in [-0.05, 0) is 25.2 Å². The largest absolute Gasteiger partial charge is 0.497 e. The van der Waals surface area contributed by atoms with Crippen molar-refractivity contribution in [3.8, 4) is 11.5 Å². The van der Waals surface area contributed by atoms with E-state index in [4.69, 9.17) is 14.2 Å². The fourth-order valence-corrected chi connectivity index (χ4v) is 4.61. The molecule has 0 aromatic heterocycles. The van der Waals surface area contributed by atoms with Crippen molar-refractivity contribution in [3.05, 3.63) is 18.2 Å². The second kappa shape index (κ2) is 8.69. The van der Waals surface area contributed by atoms with Crippen LogP contribution in [0.4, 0.5) is 0 Å². The van der Waals surface area contributed by atoms with Crippen molar-refractivity contribution in [1.29, 1.82) is 0 Å². The van der Waals surface area contributed by atoms with Crippen LogP contribution in [0.25, 0.3) is 0 Å². The summed E-state index contributed by atoms with van der Waals surface area (Å²) in [5.74, 6) is 1.27. The maximum atomic E-state index is 13.1. The Bertz CT molecular complexity index is 610. The molecule has 24 heavy (non-hydrogen) atoms. The zero-order valence-corrected chi connectivity index (χ0v) is 15.5. The van der Waals surface area contributed by atoms with Gasteiger partial charge in [-0.1, -0.05) is 6.42 Å². The first-order valence-electron chi connectivity index (χ1n) is 8.23. The lowest BCUT2D eigenvalue weighted by atomic mass is 10.0. The molecule has 1 saturated heterocycles. The van der Waals surface area contributed by atoms with Gasteiger partial charge in [0.25, 0.3) is 0 Å². The fourth-order valence-electron chi connectivity index (χ4n) is 3.01. The Morgan fingerprint density at radius 2 is 1.75 bits per heavy atom. The molecular weight excluding hydrogens is 330 g/mol. The lowest BCUT2D eigenvalue weighted by Crippen LogP contribution is -2.35. The maximum Gasteiger partial charge on any atom is 0.243 e. The van der Waals surface area contributed by atoms with Crippen LogP contribution < -0.4 is 9.47 Å². The number of benzene rings is 1. The molecule has 6 nitrogen and oxygen atoms in total. The van der Waals surface area contributed by atoms with Crippen molar-refractivity contribution in [2.24, 2.45) is 5.92 Å². The highest BCUT2D eigenvalue weighted by molar-refractivity contribution is 7.89. The Morgan fingerprint density at radius 1 is 1.08 bits per heavy atom. The van der Waals surface area contributed by atoms with Gasteiger partial charge in [0.15, 0.2) is 0 Å². The molecule has 1 aliphatic rings. The van der Waals surface area contributed by atoms with Crippen LogP contribution in [0.2, 0.25) is 0 Å². The Kier molecular flexibility index (Phi) is 6.89.